The summed E-state index contributed by atoms with van der Waals surface area (Å²) in [4.78, 5) is 12.2. The summed E-state index contributed by atoms with van der Waals surface area (Å²) < 4.78 is 10.9. The van der Waals surface area contributed by atoms with Crippen LogP contribution in [0, 0.1) is 0 Å². The lowest BCUT2D eigenvalue weighted by molar-refractivity contribution is -0.115. The van der Waals surface area contributed by atoms with Crippen molar-refractivity contribution in [2.45, 2.75) is 6.42 Å². The fraction of sp³-hybridized carbons (Fsp3) is 0.188. The molecule has 3 rings (SSSR count). The van der Waals surface area contributed by atoms with Crippen molar-refractivity contribution in [1.82, 2.24) is 0 Å². The van der Waals surface area contributed by atoms with Crippen LogP contribution in [0.1, 0.15) is 5.56 Å². The van der Waals surface area contributed by atoms with Crippen LogP contribution in [0.2, 0.25) is 15.1 Å². The Morgan fingerprint density at radius 1 is 0.957 bits per heavy atom. The average molecular weight is 373 g/mol. The largest absolute Gasteiger partial charge is 0.486 e. The quantitative estimate of drug-likeness (QED) is 0.856. The summed E-state index contributed by atoms with van der Waals surface area (Å²) in [5.74, 6) is 0.913. The lowest BCUT2D eigenvalue weighted by atomic mass is 10.1. The Bertz CT molecular complexity index is 764. The van der Waals surface area contributed by atoms with E-state index in [1.54, 1.807) is 30.3 Å². The van der Waals surface area contributed by atoms with Crippen LogP contribution in [-0.2, 0) is 11.2 Å². The van der Waals surface area contributed by atoms with Crippen LogP contribution in [0.3, 0.4) is 0 Å². The van der Waals surface area contributed by atoms with Crippen molar-refractivity contribution in [2.75, 3.05) is 18.5 Å². The van der Waals surface area contributed by atoms with Crippen LogP contribution in [-0.4, -0.2) is 19.1 Å². The number of ether oxygens (including phenoxy) is 2. The molecule has 7 heteroatoms. The highest BCUT2D eigenvalue weighted by Gasteiger charge is 2.16. The molecule has 0 aliphatic carbocycles. The standard InChI is InChI=1S/C16H12Cl3NO3/c17-10-2-1-9(5-11(10)18)6-16(21)20-13-8-15-14(7-12(13)19)22-3-4-23-15/h1-2,5,7-8H,3-4,6H2,(H,20,21). The molecule has 0 atom stereocenters. The van der Waals surface area contributed by atoms with Crippen LogP contribution < -0.4 is 14.8 Å². The monoisotopic (exact) mass is 371 g/mol. The minimum Gasteiger partial charge on any atom is -0.486 e. The third-order valence-electron chi connectivity index (χ3n) is 3.25. The summed E-state index contributed by atoms with van der Waals surface area (Å²) in [6, 6.07) is 8.35. The van der Waals surface area contributed by atoms with Crippen LogP contribution >= 0.6 is 34.8 Å². The highest BCUT2D eigenvalue weighted by Crippen LogP contribution is 2.38. The van der Waals surface area contributed by atoms with Crippen molar-refractivity contribution < 1.29 is 14.3 Å². The molecule has 1 N–H and O–H groups in total. The third-order valence-corrected chi connectivity index (χ3v) is 4.31. The fourth-order valence-corrected chi connectivity index (χ4v) is 2.71. The zero-order valence-electron chi connectivity index (χ0n) is 11.9. The molecular formula is C16H12Cl3NO3. The van der Waals surface area contributed by atoms with E-state index in [4.69, 9.17) is 44.3 Å². The molecule has 1 aliphatic heterocycles. The topological polar surface area (TPSA) is 47.6 Å². The molecule has 2 aromatic carbocycles. The number of halogens is 3. The smallest absolute Gasteiger partial charge is 0.228 e. The number of rotatable bonds is 3. The minimum absolute atomic E-state index is 0.154. The predicted molar refractivity (Wildman–Crippen MR) is 91.2 cm³/mol. The van der Waals surface area contributed by atoms with Crippen molar-refractivity contribution in [3.05, 3.63) is 51.0 Å². The van der Waals surface area contributed by atoms with Gasteiger partial charge in [-0.05, 0) is 17.7 Å². The molecule has 0 radical (unpaired) electrons. The lowest BCUT2D eigenvalue weighted by Crippen LogP contribution is -2.17. The number of benzene rings is 2. The summed E-state index contributed by atoms with van der Waals surface area (Å²) in [6.07, 6.45) is 0.154. The van der Waals surface area contributed by atoms with E-state index < -0.39 is 0 Å². The molecule has 120 valence electrons. The van der Waals surface area contributed by atoms with E-state index in [2.05, 4.69) is 5.32 Å². The van der Waals surface area contributed by atoms with Crippen molar-refractivity contribution in [2.24, 2.45) is 0 Å². The lowest BCUT2D eigenvalue weighted by Gasteiger charge is -2.20. The van der Waals surface area contributed by atoms with Gasteiger partial charge in [0.25, 0.3) is 0 Å². The Hall–Kier alpha value is -1.62. The number of amides is 1. The average Bonchev–Trinajstić information content (AvgIpc) is 2.51. The van der Waals surface area contributed by atoms with E-state index in [9.17, 15) is 4.79 Å². The molecule has 1 aliphatic rings. The van der Waals surface area contributed by atoms with Gasteiger partial charge >= 0.3 is 0 Å². The Labute approximate surface area is 148 Å². The Morgan fingerprint density at radius 2 is 1.65 bits per heavy atom. The van der Waals surface area contributed by atoms with Gasteiger partial charge in [0.05, 0.1) is 27.2 Å². The van der Waals surface area contributed by atoms with Gasteiger partial charge < -0.3 is 14.8 Å². The van der Waals surface area contributed by atoms with E-state index in [1.165, 1.54) is 0 Å². The van der Waals surface area contributed by atoms with Gasteiger partial charge in [0, 0.05) is 12.1 Å². The summed E-state index contributed by atoms with van der Waals surface area (Å²) in [6.45, 7) is 0.942. The predicted octanol–water partition coefficient (Wildman–Crippen LogP) is 4.60. The summed E-state index contributed by atoms with van der Waals surface area (Å²) >= 11 is 18.0. The fourth-order valence-electron chi connectivity index (χ4n) is 2.19. The second-order valence-corrected chi connectivity index (χ2v) is 6.17. The first kappa shape index (κ1) is 16.2. The van der Waals surface area contributed by atoms with Crippen molar-refractivity contribution >= 4 is 46.4 Å². The van der Waals surface area contributed by atoms with Crippen molar-refractivity contribution in [1.29, 1.82) is 0 Å². The first-order valence-electron chi connectivity index (χ1n) is 6.86. The first-order valence-corrected chi connectivity index (χ1v) is 7.99. The number of carbonyl (C=O) groups excluding carboxylic acids is 1. The van der Waals surface area contributed by atoms with Gasteiger partial charge in [-0.3, -0.25) is 4.79 Å². The number of hydrogen-bond donors (Lipinski definition) is 1. The summed E-state index contributed by atoms with van der Waals surface area (Å²) in [5.41, 5.74) is 1.23. The van der Waals surface area contributed by atoms with Gasteiger partial charge in [0.15, 0.2) is 11.5 Å². The second kappa shape index (κ2) is 6.87. The molecule has 0 bridgehead atoms. The van der Waals surface area contributed by atoms with Gasteiger partial charge in [0.1, 0.15) is 13.2 Å². The Balaban J connectivity index is 1.73. The molecule has 0 saturated heterocycles. The van der Waals surface area contributed by atoms with Gasteiger partial charge in [-0.2, -0.15) is 0 Å². The molecule has 23 heavy (non-hydrogen) atoms. The molecule has 0 unspecified atom stereocenters. The molecule has 0 saturated carbocycles. The van der Waals surface area contributed by atoms with Gasteiger partial charge in [0.2, 0.25) is 5.91 Å². The number of anilines is 1. The molecule has 1 amide bonds. The second-order valence-electron chi connectivity index (χ2n) is 4.95. The van der Waals surface area contributed by atoms with E-state index in [0.29, 0.717) is 45.5 Å². The van der Waals surface area contributed by atoms with Crippen molar-refractivity contribution in [3.8, 4) is 11.5 Å². The first-order chi connectivity index (χ1) is 11.0. The molecule has 4 nitrogen and oxygen atoms in total. The van der Waals surface area contributed by atoms with Crippen LogP contribution in [0.15, 0.2) is 30.3 Å². The SMILES string of the molecule is O=C(Cc1ccc(Cl)c(Cl)c1)Nc1cc2c(cc1Cl)OCCO2. The molecule has 1 heterocycles. The Morgan fingerprint density at radius 3 is 2.35 bits per heavy atom. The van der Waals surface area contributed by atoms with Crippen LogP contribution in [0.25, 0.3) is 0 Å². The molecular weight excluding hydrogens is 361 g/mol. The minimum atomic E-state index is -0.220. The maximum atomic E-state index is 12.2. The highest BCUT2D eigenvalue weighted by molar-refractivity contribution is 6.42. The van der Waals surface area contributed by atoms with Crippen molar-refractivity contribution in [3.63, 3.8) is 0 Å². The maximum Gasteiger partial charge on any atom is 0.228 e. The molecule has 2 aromatic rings. The normalized spacial score (nSPS) is 12.8. The van der Waals surface area contributed by atoms with E-state index in [-0.39, 0.29) is 12.3 Å². The van der Waals surface area contributed by atoms with Gasteiger partial charge in [-0.15, -0.1) is 0 Å². The summed E-state index contributed by atoms with van der Waals surface area (Å²) in [5, 5.41) is 4.01. The van der Waals surface area contributed by atoms with E-state index >= 15 is 0 Å². The van der Waals surface area contributed by atoms with Gasteiger partial charge in [-0.25, -0.2) is 0 Å². The van der Waals surface area contributed by atoms with E-state index in [0.717, 1.165) is 5.56 Å². The summed E-state index contributed by atoms with van der Waals surface area (Å²) in [7, 11) is 0. The molecule has 0 spiro atoms. The van der Waals surface area contributed by atoms with Crippen LogP contribution in [0.4, 0.5) is 5.69 Å². The third kappa shape index (κ3) is 3.83. The number of nitrogens with one attached hydrogen (secondary N) is 1. The number of fused-ring (bicyclic) bond motifs is 1. The number of hydrogen-bond acceptors (Lipinski definition) is 3. The molecule has 0 fully saturated rings. The highest BCUT2D eigenvalue weighted by atomic mass is 35.5. The van der Waals surface area contributed by atoms with Gasteiger partial charge in [-0.1, -0.05) is 40.9 Å². The molecule has 0 aromatic heterocycles. The zero-order valence-corrected chi connectivity index (χ0v) is 14.1. The maximum absolute atomic E-state index is 12.2. The Kier molecular flexibility index (Phi) is 4.85. The van der Waals surface area contributed by atoms with Crippen LogP contribution in [0.5, 0.6) is 11.5 Å². The van der Waals surface area contributed by atoms with E-state index in [1.807, 2.05) is 0 Å². The number of carbonyl (C=O) groups is 1. The zero-order chi connectivity index (χ0) is 16.4.